The summed E-state index contributed by atoms with van der Waals surface area (Å²) in [5.41, 5.74) is 0.511. The second kappa shape index (κ2) is 5.97. The third-order valence-corrected chi connectivity index (χ3v) is 2.47. The summed E-state index contributed by atoms with van der Waals surface area (Å²) in [6, 6.07) is 11.6. The molecule has 0 aliphatic heterocycles. The minimum Gasteiger partial charge on any atom is -0.433 e. The molecule has 0 fully saturated rings. The number of rotatable bonds is 4. The lowest BCUT2D eigenvalue weighted by atomic mass is 10.2. The third kappa shape index (κ3) is 3.20. The zero-order valence-corrected chi connectivity index (χ0v) is 10.1. The highest BCUT2D eigenvalue weighted by Gasteiger charge is 2.10. The van der Waals surface area contributed by atoms with Crippen LogP contribution in [0.15, 0.2) is 42.5 Å². The standard InChI is InChI=1S/C14H9F3N2O/c15-11-7-10(6-5-9(11)8-18)19-12-3-1-2-4-13(12)20-14(16)17/h1-7,14,19H. The highest BCUT2D eigenvalue weighted by Crippen LogP contribution is 2.29. The largest absolute Gasteiger partial charge is 0.433 e. The minimum atomic E-state index is -2.95. The summed E-state index contributed by atoms with van der Waals surface area (Å²) in [6.45, 7) is -2.95. The Hall–Kier alpha value is -2.68. The molecule has 0 atom stereocenters. The molecule has 0 heterocycles. The average molecular weight is 278 g/mol. The van der Waals surface area contributed by atoms with Crippen LogP contribution in [0.5, 0.6) is 5.75 Å². The van der Waals surface area contributed by atoms with Crippen LogP contribution in [0, 0.1) is 17.1 Å². The van der Waals surface area contributed by atoms with Crippen LogP contribution in [0.1, 0.15) is 5.56 Å². The van der Waals surface area contributed by atoms with Crippen molar-refractivity contribution in [1.82, 2.24) is 0 Å². The van der Waals surface area contributed by atoms with Crippen LogP contribution < -0.4 is 10.1 Å². The van der Waals surface area contributed by atoms with Crippen LogP contribution >= 0.6 is 0 Å². The van der Waals surface area contributed by atoms with E-state index in [2.05, 4.69) is 10.1 Å². The molecule has 0 radical (unpaired) electrons. The van der Waals surface area contributed by atoms with Gasteiger partial charge in [0.2, 0.25) is 0 Å². The lowest BCUT2D eigenvalue weighted by molar-refractivity contribution is -0.0493. The Morgan fingerprint density at radius 3 is 2.55 bits per heavy atom. The smallest absolute Gasteiger partial charge is 0.387 e. The second-order valence-corrected chi connectivity index (χ2v) is 3.81. The van der Waals surface area contributed by atoms with E-state index in [9.17, 15) is 13.2 Å². The molecule has 0 saturated carbocycles. The number of nitriles is 1. The van der Waals surface area contributed by atoms with Gasteiger partial charge in [-0.1, -0.05) is 12.1 Å². The van der Waals surface area contributed by atoms with E-state index in [0.717, 1.165) is 6.07 Å². The zero-order chi connectivity index (χ0) is 14.5. The maximum atomic E-state index is 13.5. The van der Waals surface area contributed by atoms with Crippen molar-refractivity contribution in [3.05, 3.63) is 53.8 Å². The fourth-order valence-corrected chi connectivity index (χ4v) is 1.61. The number of alkyl halides is 2. The summed E-state index contributed by atoms with van der Waals surface area (Å²) >= 11 is 0. The van der Waals surface area contributed by atoms with Gasteiger partial charge < -0.3 is 10.1 Å². The Bertz CT molecular complexity index is 653. The summed E-state index contributed by atoms with van der Waals surface area (Å²) in [6.07, 6.45) is 0. The fraction of sp³-hybridized carbons (Fsp3) is 0.0714. The first-order valence-electron chi connectivity index (χ1n) is 5.60. The highest BCUT2D eigenvalue weighted by molar-refractivity contribution is 5.66. The van der Waals surface area contributed by atoms with E-state index in [1.807, 2.05) is 0 Å². The van der Waals surface area contributed by atoms with Gasteiger partial charge in [0.05, 0.1) is 11.3 Å². The minimum absolute atomic E-state index is 0.0488. The SMILES string of the molecule is N#Cc1ccc(Nc2ccccc2OC(F)F)cc1F. The quantitative estimate of drug-likeness (QED) is 0.917. The molecule has 0 unspecified atom stereocenters. The van der Waals surface area contributed by atoms with Crippen molar-refractivity contribution in [3.63, 3.8) is 0 Å². The van der Waals surface area contributed by atoms with E-state index in [-0.39, 0.29) is 17.0 Å². The predicted octanol–water partition coefficient (Wildman–Crippen LogP) is 4.04. The third-order valence-electron chi connectivity index (χ3n) is 2.47. The van der Waals surface area contributed by atoms with Gasteiger partial charge in [0.1, 0.15) is 17.6 Å². The summed E-state index contributed by atoms with van der Waals surface area (Å²) in [5.74, 6) is -0.739. The Balaban J connectivity index is 2.26. The number of halogens is 3. The predicted molar refractivity (Wildman–Crippen MR) is 67.5 cm³/mol. The van der Waals surface area contributed by atoms with Crippen molar-refractivity contribution < 1.29 is 17.9 Å². The molecular weight excluding hydrogens is 269 g/mol. The molecular formula is C14H9F3N2O. The molecule has 2 aromatic rings. The van der Waals surface area contributed by atoms with Gasteiger partial charge in [-0.15, -0.1) is 0 Å². The van der Waals surface area contributed by atoms with Crippen LogP contribution in [-0.2, 0) is 0 Å². The van der Waals surface area contributed by atoms with E-state index in [0.29, 0.717) is 5.69 Å². The lowest BCUT2D eigenvalue weighted by Gasteiger charge is -2.12. The van der Waals surface area contributed by atoms with Crippen molar-refractivity contribution in [2.24, 2.45) is 0 Å². The van der Waals surface area contributed by atoms with Gasteiger partial charge in [-0.3, -0.25) is 0 Å². The Labute approximate surface area is 113 Å². The van der Waals surface area contributed by atoms with Crippen molar-refractivity contribution >= 4 is 11.4 Å². The normalized spacial score (nSPS) is 10.2. The molecule has 2 rings (SSSR count). The molecule has 0 aliphatic rings. The van der Waals surface area contributed by atoms with Gasteiger partial charge in [-0.25, -0.2) is 4.39 Å². The van der Waals surface area contributed by atoms with Gasteiger partial charge in [-0.05, 0) is 30.3 Å². The van der Waals surface area contributed by atoms with Crippen molar-refractivity contribution in [1.29, 1.82) is 5.26 Å². The fourth-order valence-electron chi connectivity index (χ4n) is 1.61. The van der Waals surface area contributed by atoms with Gasteiger partial charge in [-0.2, -0.15) is 14.0 Å². The number of anilines is 2. The number of benzene rings is 2. The van der Waals surface area contributed by atoms with E-state index in [4.69, 9.17) is 5.26 Å². The van der Waals surface area contributed by atoms with Gasteiger partial charge in [0, 0.05) is 5.69 Å². The molecule has 3 nitrogen and oxygen atoms in total. The molecule has 0 amide bonds. The Morgan fingerprint density at radius 2 is 1.90 bits per heavy atom. The first-order chi connectivity index (χ1) is 9.60. The molecule has 2 aromatic carbocycles. The zero-order valence-electron chi connectivity index (χ0n) is 10.1. The van der Waals surface area contributed by atoms with Crippen LogP contribution in [0.2, 0.25) is 0 Å². The Kier molecular flexibility index (Phi) is 4.11. The molecule has 102 valence electrons. The topological polar surface area (TPSA) is 45.0 Å². The first-order valence-corrected chi connectivity index (χ1v) is 5.60. The molecule has 6 heteroatoms. The van der Waals surface area contributed by atoms with E-state index in [1.54, 1.807) is 18.2 Å². The lowest BCUT2D eigenvalue weighted by Crippen LogP contribution is -2.04. The summed E-state index contributed by atoms with van der Waals surface area (Å²) in [7, 11) is 0. The monoisotopic (exact) mass is 278 g/mol. The van der Waals surface area contributed by atoms with E-state index in [1.165, 1.54) is 24.3 Å². The number of hydrogen-bond donors (Lipinski definition) is 1. The first kappa shape index (κ1) is 13.7. The molecule has 0 aromatic heterocycles. The second-order valence-electron chi connectivity index (χ2n) is 3.81. The maximum absolute atomic E-state index is 13.5. The summed E-state index contributed by atoms with van der Waals surface area (Å²) in [4.78, 5) is 0. The number of hydrogen-bond acceptors (Lipinski definition) is 3. The number of ether oxygens (including phenoxy) is 1. The summed E-state index contributed by atoms with van der Waals surface area (Å²) in [5, 5.41) is 11.4. The van der Waals surface area contributed by atoms with Crippen LogP contribution in [0.3, 0.4) is 0 Å². The maximum Gasteiger partial charge on any atom is 0.387 e. The average Bonchev–Trinajstić information content (AvgIpc) is 2.41. The molecule has 0 bridgehead atoms. The van der Waals surface area contributed by atoms with Crippen LogP contribution in [0.25, 0.3) is 0 Å². The van der Waals surface area contributed by atoms with Crippen LogP contribution in [-0.4, -0.2) is 6.61 Å². The molecule has 1 N–H and O–H groups in total. The number of para-hydroxylation sites is 2. The number of nitrogens with zero attached hydrogens (tertiary/aromatic N) is 1. The Morgan fingerprint density at radius 1 is 1.15 bits per heavy atom. The highest BCUT2D eigenvalue weighted by atomic mass is 19.3. The van der Waals surface area contributed by atoms with Crippen molar-refractivity contribution in [3.8, 4) is 11.8 Å². The van der Waals surface area contributed by atoms with Crippen molar-refractivity contribution in [2.45, 2.75) is 6.61 Å². The van der Waals surface area contributed by atoms with Crippen molar-refractivity contribution in [2.75, 3.05) is 5.32 Å². The van der Waals surface area contributed by atoms with Gasteiger partial charge >= 0.3 is 6.61 Å². The molecule has 0 aliphatic carbocycles. The number of nitrogens with one attached hydrogen (secondary N) is 1. The molecule has 0 saturated heterocycles. The van der Waals surface area contributed by atoms with Gasteiger partial charge in [0.15, 0.2) is 0 Å². The molecule has 20 heavy (non-hydrogen) atoms. The van der Waals surface area contributed by atoms with E-state index < -0.39 is 12.4 Å². The molecule has 0 spiro atoms. The van der Waals surface area contributed by atoms with Crippen LogP contribution in [0.4, 0.5) is 24.5 Å². The van der Waals surface area contributed by atoms with E-state index >= 15 is 0 Å². The summed E-state index contributed by atoms with van der Waals surface area (Å²) < 4.78 is 42.3. The van der Waals surface area contributed by atoms with Gasteiger partial charge in [0.25, 0.3) is 0 Å².